The molecule has 1 fully saturated rings. The molecular formula is C13H16BrNO. The SMILES string of the molecule is COc1cc2c(cc1Br)CN(C)CC21CC1. The van der Waals surface area contributed by atoms with E-state index in [9.17, 15) is 0 Å². The topological polar surface area (TPSA) is 12.5 Å². The molecule has 1 aliphatic carbocycles. The van der Waals surface area contributed by atoms with Gasteiger partial charge in [-0.05, 0) is 59.1 Å². The Hall–Kier alpha value is -0.540. The number of hydrogen-bond acceptors (Lipinski definition) is 2. The Morgan fingerprint density at radius 1 is 1.38 bits per heavy atom. The van der Waals surface area contributed by atoms with Gasteiger partial charge >= 0.3 is 0 Å². The van der Waals surface area contributed by atoms with Gasteiger partial charge in [0.15, 0.2) is 0 Å². The first-order chi connectivity index (χ1) is 7.64. The molecule has 3 heteroatoms. The molecule has 0 radical (unpaired) electrons. The lowest BCUT2D eigenvalue weighted by molar-refractivity contribution is 0.270. The molecule has 1 aromatic rings. The third-order valence-electron chi connectivity index (χ3n) is 3.82. The van der Waals surface area contributed by atoms with Gasteiger partial charge in [-0.25, -0.2) is 0 Å². The molecule has 16 heavy (non-hydrogen) atoms. The zero-order valence-corrected chi connectivity index (χ0v) is 11.3. The van der Waals surface area contributed by atoms with E-state index in [-0.39, 0.29) is 0 Å². The van der Waals surface area contributed by atoms with Crippen molar-refractivity contribution in [3.8, 4) is 5.75 Å². The van der Waals surface area contributed by atoms with Crippen LogP contribution in [0.1, 0.15) is 24.0 Å². The molecule has 0 aromatic heterocycles. The first-order valence-corrected chi connectivity index (χ1v) is 6.49. The van der Waals surface area contributed by atoms with E-state index in [1.165, 1.54) is 30.5 Å². The summed E-state index contributed by atoms with van der Waals surface area (Å²) in [4.78, 5) is 2.42. The molecule has 2 nitrogen and oxygen atoms in total. The van der Waals surface area contributed by atoms with Gasteiger partial charge in [0.05, 0.1) is 11.6 Å². The molecular weight excluding hydrogens is 266 g/mol. The molecule has 0 saturated heterocycles. The monoisotopic (exact) mass is 281 g/mol. The highest BCUT2D eigenvalue weighted by Crippen LogP contribution is 2.53. The second-order valence-corrected chi connectivity index (χ2v) is 5.95. The minimum atomic E-state index is 0.441. The van der Waals surface area contributed by atoms with Crippen molar-refractivity contribution in [1.82, 2.24) is 4.90 Å². The van der Waals surface area contributed by atoms with E-state index in [2.05, 4.69) is 40.0 Å². The molecule has 0 N–H and O–H groups in total. The summed E-state index contributed by atoms with van der Waals surface area (Å²) < 4.78 is 6.47. The van der Waals surface area contributed by atoms with Gasteiger partial charge in [-0.1, -0.05) is 0 Å². The molecule has 1 heterocycles. The van der Waals surface area contributed by atoms with Crippen molar-refractivity contribution in [1.29, 1.82) is 0 Å². The van der Waals surface area contributed by atoms with E-state index in [0.29, 0.717) is 5.41 Å². The summed E-state index contributed by atoms with van der Waals surface area (Å²) in [5, 5.41) is 0. The van der Waals surface area contributed by atoms with Gasteiger partial charge in [-0.15, -0.1) is 0 Å². The molecule has 86 valence electrons. The van der Waals surface area contributed by atoms with Crippen LogP contribution < -0.4 is 4.74 Å². The molecule has 2 aliphatic rings. The highest BCUT2D eigenvalue weighted by molar-refractivity contribution is 9.10. The van der Waals surface area contributed by atoms with Gasteiger partial charge in [0.1, 0.15) is 5.75 Å². The lowest BCUT2D eigenvalue weighted by atomic mass is 9.87. The van der Waals surface area contributed by atoms with Crippen molar-refractivity contribution < 1.29 is 4.74 Å². The average Bonchev–Trinajstić information content (AvgIpc) is 2.97. The van der Waals surface area contributed by atoms with Crippen LogP contribution in [0.25, 0.3) is 0 Å². The predicted molar refractivity (Wildman–Crippen MR) is 67.9 cm³/mol. The van der Waals surface area contributed by atoms with Crippen molar-refractivity contribution >= 4 is 15.9 Å². The largest absolute Gasteiger partial charge is 0.496 e. The van der Waals surface area contributed by atoms with Crippen LogP contribution in [0, 0.1) is 0 Å². The molecule has 1 aromatic carbocycles. The Morgan fingerprint density at radius 2 is 2.12 bits per heavy atom. The highest BCUT2D eigenvalue weighted by atomic mass is 79.9. The second kappa shape index (κ2) is 3.47. The number of rotatable bonds is 1. The van der Waals surface area contributed by atoms with Crippen LogP contribution in [-0.2, 0) is 12.0 Å². The summed E-state index contributed by atoms with van der Waals surface area (Å²) in [5.41, 5.74) is 3.42. The summed E-state index contributed by atoms with van der Waals surface area (Å²) in [6.45, 7) is 2.25. The van der Waals surface area contributed by atoms with E-state index in [0.717, 1.165) is 16.8 Å². The zero-order chi connectivity index (χ0) is 11.3. The minimum absolute atomic E-state index is 0.441. The van der Waals surface area contributed by atoms with E-state index < -0.39 is 0 Å². The van der Waals surface area contributed by atoms with E-state index in [1.54, 1.807) is 7.11 Å². The highest BCUT2D eigenvalue weighted by Gasteiger charge is 2.48. The third-order valence-corrected chi connectivity index (χ3v) is 4.44. The van der Waals surface area contributed by atoms with Crippen LogP contribution in [0.5, 0.6) is 5.75 Å². The van der Waals surface area contributed by atoms with Crippen LogP contribution in [0.4, 0.5) is 0 Å². The fraction of sp³-hybridized carbons (Fsp3) is 0.538. The maximum absolute atomic E-state index is 5.40. The molecule has 1 aliphatic heterocycles. The quantitative estimate of drug-likeness (QED) is 0.785. The molecule has 0 atom stereocenters. The van der Waals surface area contributed by atoms with Crippen LogP contribution >= 0.6 is 15.9 Å². The molecule has 3 rings (SSSR count). The third kappa shape index (κ3) is 1.49. The number of methoxy groups -OCH3 is 1. The fourth-order valence-corrected chi connectivity index (χ4v) is 3.46. The maximum atomic E-state index is 5.40. The Morgan fingerprint density at radius 3 is 2.75 bits per heavy atom. The standard InChI is InChI=1S/C13H16BrNO/c1-15-7-9-5-11(14)12(16-2)6-10(9)13(8-15)3-4-13/h5-6H,3-4,7-8H2,1-2H3. The maximum Gasteiger partial charge on any atom is 0.133 e. The minimum Gasteiger partial charge on any atom is -0.496 e. The number of hydrogen-bond donors (Lipinski definition) is 0. The summed E-state index contributed by atoms with van der Waals surface area (Å²) >= 11 is 3.57. The summed E-state index contributed by atoms with van der Waals surface area (Å²) in [7, 11) is 3.95. The summed E-state index contributed by atoms with van der Waals surface area (Å²) in [6, 6.07) is 4.46. The number of likely N-dealkylation sites (N-methyl/N-ethyl adjacent to an activating group) is 1. The van der Waals surface area contributed by atoms with Crippen molar-refractivity contribution in [2.24, 2.45) is 0 Å². The Labute approximate surface area is 105 Å². The second-order valence-electron chi connectivity index (χ2n) is 5.10. The number of nitrogens with zero attached hydrogens (tertiary/aromatic N) is 1. The first-order valence-electron chi connectivity index (χ1n) is 5.70. The lowest BCUT2D eigenvalue weighted by Crippen LogP contribution is -2.35. The van der Waals surface area contributed by atoms with Crippen molar-refractivity contribution in [3.05, 3.63) is 27.7 Å². The van der Waals surface area contributed by atoms with Gasteiger partial charge in [-0.3, -0.25) is 0 Å². The smallest absolute Gasteiger partial charge is 0.133 e. The van der Waals surface area contributed by atoms with E-state index >= 15 is 0 Å². The van der Waals surface area contributed by atoms with Crippen molar-refractivity contribution in [2.45, 2.75) is 24.8 Å². The molecule has 0 unspecified atom stereocenters. The number of ether oxygens (including phenoxy) is 1. The molecule has 0 amide bonds. The lowest BCUT2D eigenvalue weighted by Gasteiger charge is -2.33. The molecule has 0 bridgehead atoms. The summed E-state index contributed by atoms with van der Waals surface area (Å²) in [6.07, 6.45) is 2.66. The number of halogens is 1. The van der Waals surface area contributed by atoms with Gasteiger partial charge in [-0.2, -0.15) is 0 Å². The molecule has 1 saturated carbocycles. The average molecular weight is 282 g/mol. The first kappa shape index (κ1) is 10.6. The fourth-order valence-electron chi connectivity index (χ4n) is 2.90. The Kier molecular flexibility index (Phi) is 2.30. The number of fused-ring (bicyclic) bond motifs is 2. The Balaban J connectivity index is 2.13. The van der Waals surface area contributed by atoms with Crippen LogP contribution in [-0.4, -0.2) is 25.6 Å². The summed E-state index contributed by atoms with van der Waals surface area (Å²) in [5.74, 6) is 0.967. The van der Waals surface area contributed by atoms with Gasteiger partial charge < -0.3 is 9.64 Å². The Bertz CT molecular complexity index is 440. The molecule has 1 spiro atoms. The van der Waals surface area contributed by atoms with Gasteiger partial charge in [0.2, 0.25) is 0 Å². The van der Waals surface area contributed by atoms with Gasteiger partial charge in [0.25, 0.3) is 0 Å². The van der Waals surface area contributed by atoms with Crippen LogP contribution in [0.2, 0.25) is 0 Å². The van der Waals surface area contributed by atoms with Gasteiger partial charge in [0, 0.05) is 18.5 Å². The predicted octanol–water partition coefficient (Wildman–Crippen LogP) is 2.93. The van der Waals surface area contributed by atoms with Crippen LogP contribution in [0.15, 0.2) is 16.6 Å². The zero-order valence-electron chi connectivity index (χ0n) is 9.72. The van der Waals surface area contributed by atoms with E-state index in [1.807, 2.05) is 0 Å². The number of benzene rings is 1. The van der Waals surface area contributed by atoms with Crippen molar-refractivity contribution in [2.75, 3.05) is 20.7 Å². The van der Waals surface area contributed by atoms with Crippen molar-refractivity contribution in [3.63, 3.8) is 0 Å². The van der Waals surface area contributed by atoms with Crippen LogP contribution in [0.3, 0.4) is 0 Å². The normalized spacial score (nSPS) is 21.9. The van der Waals surface area contributed by atoms with E-state index in [4.69, 9.17) is 4.74 Å².